The molecule has 2 aliphatic heterocycles. The average molecular weight is 368 g/mol. The number of aromatic nitrogens is 3. The minimum Gasteiger partial charge on any atom is -0.490 e. The molecular formula is C19H20N4O4. The molecule has 2 bridgehead atoms. The first-order valence-corrected chi connectivity index (χ1v) is 8.98. The van der Waals surface area contributed by atoms with Crippen molar-refractivity contribution < 1.29 is 18.7 Å². The minimum absolute atomic E-state index is 0.0338. The van der Waals surface area contributed by atoms with Gasteiger partial charge in [0.1, 0.15) is 6.26 Å². The number of amides is 1. The van der Waals surface area contributed by atoms with E-state index in [1.54, 1.807) is 0 Å². The lowest BCUT2D eigenvalue weighted by molar-refractivity contribution is 0.0605. The molecule has 3 aromatic rings. The highest BCUT2D eigenvalue weighted by Crippen LogP contribution is 2.45. The molecule has 0 unspecified atom stereocenters. The highest BCUT2D eigenvalue weighted by molar-refractivity contribution is 5.96. The number of hydrogen-bond donors (Lipinski definition) is 0. The lowest BCUT2D eigenvalue weighted by Crippen LogP contribution is -2.42. The topological polar surface area (TPSA) is 82.1 Å². The Morgan fingerprint density at radius 2 is 2.15 bits per heavy atom. The van der Waals surface area contributed by atoms with Gasteiger partial charge in [-0.15, -0.1) is 0 Å². The molecule has 2 aliphatic rings. The lowest BCUT2D eigenvalue weighted by Gasteiger charge is -2.35. The van der Waals surface area contributed by atoms with Crippen LogP contribution in [0.3, 0.4) is 0 Å². The normalized spacial score (nSPS) is 20.8. The summed E-state index contributed by atoms with van der Waals surface area (Å²) >= 11 is 0. The molecule has 3 aromatic heterocycles. The fourth-order valence-corrected chi connectivity index (χ4v) is 4.44. The van der Waals surface area contributed by atoms with E-state index in [1.807, 2.05) is 28.6 Å². The van der Waals surface area contributed by atoms with Gasteiger partial charge in [-0.2, -0.15) is 5.10 Å². The highest BCUT2D eigenvalue weighted by atomic mass is 16.5. The summed E-state index contributed by atoms with van der Waals surface area (Å²) in [6, 6.07) is 2.04. The Hall–Kier alpha value is -3.03. The predicted octanol–water partition coefficient (Wildman–Crippen LogP) is 2.55. The Morgan fingerprint density at radius 3 is 2.93 bits per heavy atom. The molecule has 1 amide bonds. The molecule has 8 nitrogen and oxygen atoms in total. The fourth-order valence-electron chi connectivity index (χ4n) is 4.44. The maximum atomic E-state index is 13.3. The molecule has 0 spiro atoms. The monoisotopic (exact) mass is 368 g/mol. The highest BCUT2D eigenvalue weighted by Gasteiger charge is 2.45. The van der Waals surface area contributed by atoms with Crippen LogP contribution in [0.4, 0.5) is 0 Å². The van der Waals surface area contributed by atoms with Gasteiger partial charge in [0, 0.05) is 30.3 Å². The summed E-state index contributed by atoms with van der Waals surface area (Å²) in [5.41, 5.74) is 4.00. The molecular weight excluding hydrogens is 348 g/mol. The summed E-state index contributed by atoms with van der Waals surface area (Å²) in [5.74, 6) is 0.758. The molecule has 0 aromatic carbocycles. The predicted molar refractivity (Wildman–Crippen MR) is 95.2 cm³/mol. The van der Waals surface area contributed by atoms with Crippen LogP contribution in [-0.2, 0) is 6.42 Å². The third-order valence-electron chi connectivity index (χ3n) is 5.59. The molecule has 0 radical (unpaired) electrons. The molecule has 140 valence electrons. The van der Waals surface area contributed by atoms with Crippen LogP contribution in [0.1, 0.15) is 46.4 Å². The van der Waals surface area contributed by atoms with E-state index < -0.39 is 0 Å². The molecule has 2 atom stereocenters. The van der Waals surface area contributed by atoms with Crippen molar-refractivity contribution in [2.45, 2.75) is 38.3 Å². The van der Waals surface area contributed by atoms with Crippen LogP contribution in [-0.4, -0.2) is 45.7 Å². The van der Waals surface area contributed by atoms with Crippen LogP contribution in [0.2, 0.25) is 0 Å². The smallest absolute Gasteiger partial charge is 0.294 e. The molecule has 5 heterocycles. The Kier molecular flexibility index (Phi) is 3.43. The van der Waals surface area contributed by atoms with Crippen LogP contribution in [0.15, 0.2) is 22.9 Å². The molecule has 27 heavy (non-hydrogen) atoms. The summed E-state index contributed by atoms with van der Waals surface area (Å²) in [6.45, 7) is 1.96. The summed E-state index contributed by atoms with van der Waals surface area (Å²) in [5, 5.41) is 4.59. The van der Waals surface area contributed by atoms with E-state index in [1.165, 1.54) is 20.5 Å². The molecule has 0 aliphatic carbocycles. The number of rotatable bonds is 3. The van der Waals surface area contributed by atoms with Crippen molar-refractivity contribution >= 4 is 11.6 Å². The van der Waals surface area contributed by atoms with Crippen molar-refractivity contribution in [1.82, 2.24) is 19.5 Å². The van der Waals surface area contributed by atoms with Gasteiger partial charge in [-0.05, 0) is 19.8 Å². The standard InChI is InChI=1S/C19H20N4O4/c1-10-6-16-20-8-12-13-5-4-11(7-14(12)23(16)21-10)22(13)19(24)18-17(26-3)15(25-2)9-27-18/h6,8-9,11,13H,4-5,7H2,1-3H3/t11-,13+/m0/s1. The Balaban J connectivity index is 1.57. The summed E-state index contributed by atoms with van der Waals surface area (Å²) in [6.07, 6.45) is 5.88. The quantitative estimate of drug-likeness (QED) is 0.707. The average Bonchev–Trinajstić information content (AvgIpc) is 3.34. The van der Waals surface area contributed by atoms with E-state index in [-0.39, 0.29) is 23.8 Å². The van der Waals surface area contributed by atoms with Gasteiger partial charge in [0.2, 0.25) is 11.5 Å². The van der Waals surface area contributed by atoms with E-state index in [0.29, 0.717) is 11.5 Å². The van der Waals surface area contributed by atoms with Crippen LogP contribution in [0.5, 0.6) is 11.5 Å². The van der Waals surface area contributed by atoms with Gasteiger partial charge in [0.05, 0.1) is 31.6 Å². The van der Waals surface area contributed by atoms with Crippen molar-refractivity contribution in [1.29, 1.82) is 0 Å². The minimum atomic E-state index is -0.176. The van der Waals surface area contributed by atoms with E-state index in [2.05, 4.69) is 10.1 Å². The Morgan fingerprint density at radius 1 is 1.30 bits per heavy atom. The van der Waals surface area contributed by atoms with Crippen molar-refractivity contribution in [2.24, 2.45) is 0 Å². The van der Waals surface area contributed by atoms with Gasteiger partial charge in [0.15, 0.2) is 11.4 Å². The summed E-state index contributed by atoms with van der Waals surface area (Å²) in [7, 11) is 3.02. The molecule has 1 fully saturated rings. The number of nitrogens with zero attached hydrogens (tertiary/aromatic N) is 4. The number of carbonyl (C=O) groups excluding carboxylic acids is 1. The van der Waals surface area contributed by atoms with E-state index in [9.17, 15) is 4.79 Å². The number of hydrogen-bond acceptors (Lipinski definition) is 6. The van der Waals surface area contributed by atoms with Crippen molar-refractivity contribution in [2.75, 3.05) is 14.2 Å². The molecule has 0 saturated carbocycles. The summed E-state index contributed by atoms with van der Waals surface area (Å²) in [4.78, 5) is 19.8. The number of ether oxygens (including phenoxy) is 2. The Labute approximate surface area is 155 Å². The zero-order chi connectivity index (χ0) is 18.7. The number of aryl methyl sites for hydroxylation is 1. The van der Waals surface area contributed by atoms with E-state index in [4.69, 9.17) is 13.9 Å². The zero-order valence-corrected chi connectivity index (χ0v) is 15.4. The van der Waals surface area contributed by atoms with Crippen LogP contribution in [0.25, 0.3) is 5.65 Å². The number of furan rings is 1. The maximum absolute atomic E-state index is 13.3. The van der Waals surface area contributed by atoms with Gasteiger partial charge >= 0.3 is 0 Å². The fraction of sp³-hybridized carbons (Fsp3) is 0.421. The van der Waals surface area contributed by atoms with Crippen LogP contribution < -0.4 is 9.47 Å². The number of fused-ring (bicyclic) bond motifs is 6. The SMILES string of the molecule is COc1coc(C(=O)N2[C@H]3CC[C@@H]2c2cnc4cc(C)nn4c2C3)c1OC. The summed E-state index contributed by atoms with van der Waals surface area (Å²) < 4.78 is 18.0. The second-order valence-electron chi connectivity index (χ2n) is 7.05. The molecule has 5 rings (SSSR count). The van der Waals surface area contributed by atoms with Gasteiger partial charge in [0.25, 0.3) is 5.91 Å². The van der Waals surface area contributed by atoms with Crippen molar-refractivity contribution in [3.05, 3.63) is 41.2 Å². The number of carbonyl (C=O) groups is 1. The third kappa shape index (κ3) is 2.19. The Bertz CT molecular complexity index is 1050. The van der Waals surface area contributed by atoms with E-state index >= 15 is 0 Å². The second kappa shape index (κ2) is 5.73. The molecule has 0 N–H and O–H groups in total. The first-order chi connectivity index (χ1) is 13.1. The largest absolute Gasteiger partial charge is 0.490 e. The van der Waals surface area contributed by atoms with E-state index in [0.717, 1.165) is 41.9 Å². The molecule has 8 heteroatoms. The van der Waals surface area contributed by atoms with Gasteiger partial charge in [-0.25, -0.2) is 9.50 Å². The first kappa shape index (κ1) is 16.2. The van der Waals surface area contributed by atoms with Crippen LogP contribution >= 0.6 is 0 Å². The second-order valence-corrected chi connectivity index (χ2v) is 7.05. The molecule has 1 saturated heterocycles. The van der Waals surface area contributed by atoms with Crippen LogP contribution in [0, 0.1) is 6.92 Å². The number of methoxy groups -OCH3 is 2. The van der Waals surface area contributed by atoms with Gasteiger partial charge in [-0.3, -0.25) is 4.79 Å². The zero-order valence-electron chi connectivity index (χ0n) is 15.4. The first-order valence-electron chi connectivity index (χ1n) is 8.98. The third-order valence-corrected chi connectivity index (χ3v) is 5.59. The lowest BCUT2D eigenvalue weighted by atomic mass is 9.98. The van der Waals surface area contributed by atoms with Crippen molar-refractivity contribution in [3.8, 4) is 11.5 Å². The van der Waals surface area contributed by atoms with Gasteiger partial charge in [-0.1, -0.05) is 0 Å². The maximum Gasteiger partial charge on any atom is 0.294 e. The van der Waals surface area contributed by atoms with Gasteiger partial charge < -0.3 is 18.8 Å². The van der Waals surface area contributed by atoms with Crippen molar-refractivity contribution in [3.63, 3.8) is 0 Å².